The summed E-state index contributed by atoms with van der Waals surface area (Å²) in [5.74, 6) is 1.40. The number of anilines is 1. The standard InChI is InChI=1S/C16H20N2OS2/c1-3-7-15-17-13(11-21-15)10-20-12-16(19)18(2)14-8-5-4-6-9-14/h4-6,8-9,11H,3,7,10,12H2,1-2H3. The van der Waals surface area contributed by atoms with E-state index in [0.717, 1.165) is 30.0 Å². The van der Waals surface area contributed by atoms with Gasteiger partial charge in [0.2, 0.25) is 5.91 Å². The molecular formula is C16H20N2OS2. The predicted molar refractivity (Wildman–Crippen MR) is 92.1 cm³/mol. The van der Waals surface area contributed by atoms with Crippen molar-refractivity contribution in [1.82, 2.24) is 4.98 Å². The van der Waals surface area contributed by atoms with Crippen molar-refractivity contribution in [2.24, 2.45) is 0 Å². The zero-order valence-electron chi connectivity index (χ0n) is 12.4. The van der Waals surface area contributed by atoms with Gasteiger partial charge in [-0.25, -0.2) is 4.98 Å². The molecule has 1 amide bonds. The van der Waals surface area contributed by atoms with Crippen LogP contribution in [0.4, 0.5) is 5.69 Å². The van der Waals surface area contributed by atoms with Gasteiger partial charge >= 0.3 is 0 Å². The van der Waals surface area contributed by atoms with Crippen LogP contribution >= 0.6 is 23.1 Å². The van der Waals surface area contributed by atoms with Gasteiger partial charge in [0.25, 0.3) is 0 Å². The van der Waals surface area contributed by atoms with Crippen LogP contribution in [0.5, 0.6) is 0 Å². The molecule has 0 unspecified atom stereocenters. The number of hydrogen-bond acceptors (Lipinski definition) is 4. The molecule has 1 aromatic carbocycles. The van der Waals surface area contributed by atoms with Crippen molar-refractivity contribution in [3.05, 3.63) is 46.4 Å². The maximum absolute atomic E-state index is 12.1. The lowest BCUT2D eigenvalue weighted by molar-refractivity contribution is -0.115. The topological polar surface area (TPSA) is 33.2 Å². The molecule has 1 aromatic heterocycles. The Balaban J connectivity index is 1.78. The molecule has 2 aromatic rings. The molecule has 112 valence electrons. The van der Waals surface area contributed by atoms with Crippen molar-refractivity contribution in [2.45, 2.75) is 25.5 Å². The minimum Gasteiger partial charge on any atom is -0.315 e. The Kier molecular flexibility index (Phi) is 6.26. The molecule has 0 aliphatic carbocycles. The molecule has 0 saturated carbocycles. The normalized spacial score (nSPS) is 10.6. The average Bonchev–Trinajstić information content (AvgIpc) is 2.95. The molecular weight excluding hydrogens is 300 g/mol. The maximum atomic E-state index is 12.1. The first-order valence-corrected chi connectivity index (χ1v) is 9.06. The molecule has 21 heavy (non-hydrogen) atoms. The van der Waals surface area contributed by atoms with Crippen molar-refractivity contribution in [1.29, 1.82) is 0 Å². The highest BCUT2D eigenvalue weighted by Gasteiger charge is 2.11. The van der Waals surface area contributed by atoms with Gasteiger partial charge in [-0.1, -0.05) is 25.1 Å². The van der Waals surface area contributed by atoms with E-state index in [-0.39, 0.29) is 5.91 Å². The Morgan fingerprint density at radius 1 is 1.33 bits per heavy atom. The summed E-state index contributed by atoms with van der Waals surface area (Å²) in [5, 5.41) is 3.30. The van der Waals surface area contributed by atoms with Crippen molar-refractivity contribution >= 4 is 34.7 Å². The number of para-hydroxylation sites is 1. The fourth-order valence-corrected chi connectivity index (χ4v) is 3.71. The van der Waals surface area contributed by atoms with E-state index >= 15 is 0 Å². The van der Waals surface area contributed by atoms with Gasteiger partial charge in [0, 0.05) is 23.9 Å². The van der Waals surface area contributed by atoms with E-state index in [9.17, 15) is 4.79 Å². The van der Waals surface area contributed by atoms with E-state index in [4.69, 9.17) is 0 Å². The molecule has 3 nitrogen and oxygen atoms in total. The second-order valence-electron chi connectivity index (χ2n) is 4.76. The third-order valence-electron chi connectivity index (χ3n) is 3.06. The van der Waals surface area contributed by atoms with Gasteiger partial charge < -0.3 is 4.90 Å². The summed E-state index contributed by atoms with van der Waals surface area (Å²) in [4.78, 5) is 18.4. The van der Waals surface area contributed by atoms with Crippen LogP contribution in [0, 0.1) is 0 Å². The van der Waals surface area contributed by atoms with Crippen LogP contribution in [-0.4, -0.2) is 23.7 Å². The zero-order chi connectivity index (χ0) is 15.1. The molecule has 0 aliphatic rings. The summed E-state index contributed by atoms with van der Waals surface area (Å²) in [5.41, 5.74) is 2.02. The summed E-state index contributed by atoms with van der Waals surface area (Å²) in [7, 11) is 1.82. The molecule has 0 saturated heterocycles. The second-order valence-corrected chi connectivity index (χ2v) is 6.69. The summed E-state index contributed by atoms with van der Waals surface area (Å²) in [6.07, 6.45) is 2.17. The third kappa shape index (κ3) is 4.86. The lowest BCUT2D eigenvalue weighted by atomic mass is 10.3. The minimum absolute atomic E-state index is 0.121. The fourth-order valence-electron chi connectivity index (χ4n) is 1.88. The molecule has 0 radical (unpaired) electrons. The van der Waals surface area contributed by atoms with Crippen LogP contribution in [0.15, 0.2) is 35.7 Å². The number of thiazole rings is 1. The van der Waals surface area contributed by atoms with E-state index in [1.807, 2.05) is 37.4 Å². The van der Waals surface area contributed by atoms with Crippen LogP contribution in [0.2, 0.25) is 0 Å². The monoisotopic (exact) mass is 320 g/mol. The largest absolute Gasteiger partial charge is 0.315 e. The first-order chi connectivity index (χ1) is 10.2. The molecule has 0 aliphatic heterocycles. The number of thioether (sulfide) groups is 1. The van der Waals surface area contributed by atoms with Gasteiger partial charge in [-0.2, -0.15) is 0 Å². The summed E-state index contributed by atoms with van der Waals surface area (Å²) < 4.78 is 0. The van der Waals surface area contributed by atoms with Gasteiger partial charge in [-0.05, 0) is 25.0 Å². The van der Waals surface area contributed by atoms with E-state index < -0.39 is 0 Å². The minimum atomic E-state index is 0.121. The Morgan fingerprint density at radius 3 is 2.81 bits per heavy atom. The number of aromatic nitrogens is 1. The van der Waals surface area contributed by atoms with E-state index in [1.165, 1.54) is 5.01 Å². The maximum Gasteiger partial charge on any atom is 0.236 e. The second kappa shape index (κ2) is 8.20. The predicted octanol–water partition coefficient (Wildman–Crippen LogP) is 3.99. The van der Waals surface area contributed by atoms with Crippen molar-refractivity contribution in [2.75, 3.05) is 17.7 Å². The average molecular weight is 320 g/mol. The highest BCUT2D eigenvalue weighted by Crippen LogP contribution is 2.18. The first kappa shape index (κ1) is 16.0. The number of hydrogen-bond donors (Lipinski definition) is 0. The number of amides is 1. The summed E-state index contributed by atoms with van der Waals surface area (Å²) in [6.45, 7) is 2.16. The lowest BCUT2D eigenvalue weighted by Crippen LogP contribution is -2.27. The summed E-state index contributed by atoms with van der Waals surface area (Å²) in [6, 6.07) is 9.72. The van der Waals surface area contributed by atoms with Crippen LogP contribution < -0.4 is 4.90 Å². The first-order valence-electron chi connectivity index (χ1n) is 7.03. The van der Waals surface area contributed by atoms with Crippen LogP contribution in [0.1, 0.15) is 24.0 Å². The van der Waals surface area contributed by atoms with Gasteiger partial charge in [-0.15, -0.1) is 23.1 Å². The number of aryl methyl sites for hydroxylation is 1. The molecule has 0 spiro atoms. The Morgan fingerprint density at radius 2 is 2.10 bits per heavy atom. The summed E-state index contributed by atoms with van der Waals surface area (Å²) >= 11 is 3.34. The highest BCUT2D eigenvalue weighted by atomic mass is 32.2. The fraction of sp³-hybridized carbons (Fsp3) is 0.375. The SMILES string of the molecule is CCCc1nc(CSCC(=O)N(C)c2ccccc2)cs1. The van der Waals surface area contributed by atoms with E-state index in [2.05, 4.69) is 17.3 Å². The number of nitrogens with zero attached hydrogens (tertiary/aromatic N) is 2. The van der Waals surface area contributed by atoms with Crippen molar-refractivity contribution in [3.63, 3.8) is 0 Å². The smallest absolute Gasteiger partial charge is 0.236 e. The lowest BCUT2D eigenvalue weighted by Gasteiger charge is -2.16. The van der Waals surface area contributed by atoms with Crippen LogP contribution in [-0.2, 0) is 17.0 Å². The molecule has 0 N–H and O–H groups in total. The Bertz CT molecular complexity index is 569. The highest BCUT2D eigenvalue weighted by molar-refractivity contribution is 7.99. The zero-order valence-corrected chi connectivity index (χ0v) is 14.0. The van der Waals surface area contributed by atoms with E-state index in [1.54, 1.807) is 28.0 Å². The molecule has 0 fully saturated rings. The van der Waals surface area contributed by atoms with Crippen molar-refractivity contribution < 1.29 is 4.79 Å². The quantitative estimate of drug-likeness (QED) is 0.773. The molecule has 0 atom stereocenters. The molecule has 1 heterocycles. The van der Waals surface area contributed by atoms with Gasteiger partial charge in [0.05, 0.1) is 16.5 Å². The van der Waals surface area contributed by atoms with Gasteiger partial charge in [-0.3, -0.25) is 4.79 Å². The Hall–Kier alpha value is -1.33. The number of carbonyl (C=O) groups excluding carboxylic acids is 1. The van der Waals surface area contributed by atoms with Crippen LogP contribution in [0.25, 0.3) is 0 Å². The molecule has 0 bridgehead atoms. The van der Waals surface area contributed by atoms with E-state index in [0.29, 0.717) is 5.75 Å². The van der Waals surface area contributed by atoms with Crippen molar-refractivity contribution in [3.8, 4) is 0 Å². The molecule has 2 rings (SSSR count). The Labute approximate surface area is 134 Å². The van der Waals surface area contributed by atoms with Gasteiger partial charge in [0.15, 0.2) is 0 Å². The van der Waals surface area contributed by atoms with Gasteiger partial charge in [0.1, 0.15) is 0 Å². The third-order valence-corrected chi connectivity index (χ3v) is 4.96. The molecule has 5 heteroatoms. The van der Waals surface area contributed by atoms with Crippen LogP contribution in [0.3, 0.4) is 0 Å². The number of carbonyl (C=O) groups is 1. The number of rotatable bonds is 7. The number of benzene rings is 1.